The van der Waals surface area contributed by atoms with Crippen molar-refractivity contribution in [1.82, 2.24) is 5.32 Å². The van der Waals surface area contributed by atoms with E-state index in [4.69, 9.17) is 9.16 Å². The lowest BCUT2D eigenvalue weighted by Gasteiger charge is -2.42. The summed E-state index contributed by atoms with van der Waals surface area (Å²) in [6.45, 7) is 13.2. The largest absolute Gasteiger partial charge is 0.497 e. The van der Waals surface area contributed by atoms with Crippen LogP contribution in [0.15, 0.2) is 24.3 Å². The molecule has 0 aliphatic heterocycles. The van der Waals surface area contributed by atoms with Crippen molar-refractivity contribution in [2.45, 2.75) is 63.3 Å². The van der Waals surface area contributed by atoms with Crippen molar-refractivity contribution in [3.63, 3.8) is 0 Å². The van der Waals surface area contributed by atoms with Gasteiger partial charge in [-0.05, 0) is 58.2 Å². The zero-order chi connectivity index (χ0) is 18.6. The summed E-state index contributed by atoms with van der Waals surface area (Å²) in [4.78, 5) is 12.7. The Balaban J connectivity index is 2.77. The molecule has 1 N–H and O–H groups in total. The highest BCUT2D eigenvalue weighted by Crippen LogP contribution is 2.41. The highest BCUT2D eigenvalue weighted by atomic mass is 79.9. The molecule has 0 aromatic heterocycles. The minimum atomic E-state index is -2.07. The van der Waals surface area contributed by atoms with Gasteiger partial charge in [0, 0.05) is 6.54 Å². The highest BCUT2D eigenvalue weighted by molar-refractivity contribution is 9.10. The zero-order valence-electron chi connectivity index (χ0n) is 15.8. The van der Waals surface area contributed by atoms with Crippen LogP contribution < -0.4 is 10.1 Å². The van der Waals surface area contributed by atoms with Crippen molar-refractivity contribution in [3.05, 3.63) is 29.8 Å². The van der Waals surface area contributed by atoms with E-state index in [1.807, 2.05) is 31.2 Å². The molecule has 1 atom stereocenters. The Morgan fingerprint density at radius 2 is 1.75 bits per heavy atom. The van der Waals surface area contributed by atoms with E-state index in [0.29, 0.717) is 13.0 Å². The number of benzene rings is 1. The number of ether oxygens (including phenoxy) is 1. The van der Waals surface area contributed by atoms with E-state index in [2.05, 4.69) is 55.1 Å². The summed E-state index contributed by atoms with van der Waals surface area (Å²) in [6, 6.07) is 7.65. The first-order chi connectivity index (χ1) is 10.9. The Morgan fingerprint density at radius 1 is 1.21 bits per heavy atom. The van der Waals surface area contributed by atoms with E-state index in [0.717, 1.165) is 11.3 Å². The predicted molar refractivity (Wildman–Crippen MR) is 105 cm³/mol. The fraction of sp³-hybridized carbons (Fsp3) is 0.611. The summed E-state index contributed by atoms with van der Waals surface area (Å²) in [5.41, 5.74) is 1.02. The third-order valence-electron chi connectivity index (χ3n) is 4.63. The van der Waals surface area contributed by atoms with Gasteiger partial charge in [-0.1, -0.05) is 39.8 Å². The topological polar surface area (TPSA) is 47.6 Å². The van der Waals surface area contributed by atoms with Crippen molar-refractivity contribution in [1.29, 1.82) is 0 Å². The first-order valence-electron chi connectivity index (χ1n) is 8.25. The maximum atomic E-state index is 12.7. The van der Waals surface area contributed by atoms with E-state index in [9.17, 15) is 4.79 Å². The van der Waals surface area contributed by atoms with Crippen LogP contribution in [0, 0.1) is 0 Å². The molecule has 24 heavy (non-hydrogen) atoms. The zero-order valence-corrected chi connectivity index (χ0v) is 18.4. The average Bonchev–Trinajstić information content (AvgIpc) is 2.51. The number of rotatable bonds is 7. The summed E-state index contributed by atoms with van der Waals surface area (Å²) in [7, 11) is -0.435. The molecule has 1 aromatic carbocycles. The minimum absolute atomic E-state index is 0.0391. The maximum absolute atomic E-state index is 12.7. The molecular weight excluding hydrogens is 386 g/mol. The van der Waals surface area contributed by atoms with Crippen LogP contribution in [0.25, 0.3) is 0 Å². The van der Waals surface area contributed by atoms with Gasteiger partial charge in [0.2, 0.25) is 0 Å². The molecule has 0 bridgehead atoms. The van der Waals surface area contributed by atoms with Crippen LogP contribution in [-0.4, -0.2) is 25.8 Å². The molecule has 0 heterocycles. The van der Waals surface area contributed by atoms with Crippen LogP contribution in [0.2, 0.25) is 18.1 Å². The van der Waals surface area contributed by atoms with Crippen LogP contribution in [0.3, 0.4) is 0 Å². The lowest BCUT2D eigenvalue weighted by molar-refractivity contribution is -0.130. The molecule has 1 aromatic rings. The molecule has 0 spiro atoms. The summed E-state index contributed by atoms with van der Waals surface area (Å²) >= 11 is 3.55. The van der Waals surface area contributed by atoms with Crippen molar-refractivity contribution in [2.75, 3.05) is 7.11 Å². The predicted octanol–water partition coefficient (Wildman–Crippen LogP) is 4.83. The molecule has 136 valence electrons. The Labute approximate surface area is 155 Å². The normalized spacial score (nSPS) is 14.8. The number of methoxy groups -OCH3 is 1. The van der Waals surface area contributed by atoms with Crippen molar-refractivity contribution in [3.8, 4) is 5.75 Å². The second-order valence-electron chi connectivity index (χ2n) is 7.48. The van der Waals surface area contributed by atoms with Crippen LogP contribution in [0.4, 0.5) is 0 Å². The Hall–Kier alpha value is -0.853. The lowest BCUT2D eigenvalue weighted by Crippen LogP contribution is -2.53. The van der Waals surface area contributed by atoms with Crippen LogP contribution in [0.5, 0.6) is 5.75 Å². The van der Waals surface area contributed by atoms with E-state index in [1.165, 1.54) is 0 Å². The number of nitrogens with one attached hydrogen (secondary N) is 1. The molecule has 4 nitrogen and oxygen atoms in total. The number of alkyl halides is 1. The molecule has 0 fully saturated rings. The molecule has 1 rings (SSSR count). The first kappa shape index (κ1) is 21.2. The van der Waals surface area contributed by atoms with E-state index < -0.39 is 12.8 Å². The molecular formula is C18H30BrNO3Si. The van der Waals surface area contributed by atoms with E-state index in [-0.39, 0.29) is 10.9 Å². The van der Waals surface area contributed by atoms with Crippen molar-refractivity contribution >= 4 is 30.2 Å². The van der Waals surface area contributed by atoms with E-state index >= 15 is 0 Å². The Morgan fingerprint density at radius 3 is 2.17 bits per heavy atom. The number of amides is 1. The van der Waals surface area contributed by atoms with Gasteiger partial charge < -0.3 is 14.5 Å². The van der Waals surface area contributed by atoms with Gasteiger partial charge in [0.15, 0.2) is 12.8 Å². The van der Waals surface area contributed by atoms with Gasteiger partial charge in [0.25, 0.3) is 5.91 Å². The van der Waals surface area contributed by atoms with Crippen molar-refractivity contribution in [2.24, 2.45) is 0 Å². The van der Waals surface area contributed by atoms with Crippen LogP contribution >= 0.6 is 15.9 Å². The monoisotopic (exact) mass is 415 g/mol. The third-order valence-corrected chi connectivity index (χ3v) is 10.5. The van der Waals surface area contributed by atoms with Gasteiger partial charge in [0.05, 0.1) is 7.11 Å². The van der Waals surface area contributed by atoms with Crippen LogP contribution in [0.1, 0.15) is 39.7 Å². The Bertz CT molecular complexity index is 554. The summed E-state index contributed by atoms with van der Waals surface area (Å²) in [6.07, 6.45) is 0.563. The smallest absolute Gasteiger partial charge is 0.262 e. The number of halogens is 1. The molecule has 6 heteroatoms. The maximum Gasteiger partial charge on any atom is 0.262 e. The molecule has 0 saturated carbocycles. The van der Waals surface area contributed by atoms with Gasteiger partial charge in [-0.2, -0.15) is 0 Å². The SMILES string of the molecule is CC[C@@](Br)(O[Si](C)(C)C(C)(C)C)C(=O)NCc1ccc(OC)cc1. The first-order valence-corrected chi connectivity index (χ1v) is 12.0. The standard InChI is InChI=1S/C18H30BrNO3Si/c1-8-18(19,23-24(6,7)17(2,3)4)16(21)20-13-14-9-11-15(22-5)12-10-14/h9-12H,8,13H2,1-7H3,(H,20,21)/t18-/m1/s1. The van der Waals surface area contributed by atoms with Crippen LogP contribution in [-0.2, 0) is 15.8 Å². The highest BCUT2D eigenvalue weighted by Gasteiger charge is 2.46. The van der Waals surface area contributed by atoms with E-state index in [1.54, 1.807) is 7.11 Å². The second-order valence-corrected chi connectivity index (χ2v) is 13.5. The average molecular weight is 416 g/mol. The van der Waals surface area contributed by atoms with Gasteiger partial charge in [0.1, 0.15) is 5.75 Å². The molecule has 0 aliphatic carbocycles. The third kappa shape index (κ3) is 5.33. The van der Waals surface area contributed by atoms with Gasteiger partial charge in [-0.25, -0.2) is 0 Å². The molecule has 1 amide bonds. The fourth-order valence-corrected chi connectivity index (χ4v) is 4.60. The molecule has 0 saturated heterocycles. The quantitative estimate of drug-likeness (QED) is 0.511. The van der Waals surface area contributed by atoms with Gasteiger partial charge in [-0.15, -0.1) is 0 Å². The molecule has 0 aliphatic rings. The fourth-order valence-electron chi connectivity index (χ4n) is 1.89. The molecule has 0 radical (unpaired) electrons. The number of hydrogen-bond acceptors (Lipinski definition) is 3. The van der Waals surface area contributed by atoms with Crippen molar-refractivity contribution < 1.29 is 14.0 Å². The van der Waals surface area contributed by atoms with Gasteiger partial charge in [-0.3, -0.25) is 4.79 Å². The van der Waals surface area contributed by atoms with Gasteiger partial charge >= 0.3 is 0 Å². The number of carbonyl (C=O) groups is 1. The summed E-state index contributed by atoms with van der Waals surface area (Å²) in [5, 5.41) is 3.01. The minimum Gasteiger partial charge on any atom is -0.497 e. The lowest BCUT2D eigenvalue weighted by atomic mass is 10.2. The number of carbonyl (C=O) groups excluding carboxylic acids is 1. The number of hydrogen-bond donors (Lipinski definition) is 1. The summed E-state index contributed by atoms with van der Waals surface area (Å²) in [5.74, 6) is 0.667. The Kier molecular flexibility index (Phi) is 7.08. The molecule has 0 unspecified atom stereocenters. The second kappa shape index (κ2) is 8.02. The summed E-state index contributed by atoms with van der Waals surface area (Å²) < 4.78 is 10.5.